The summed E-state index contributed by atoms with van der Waals surface area (Å²) < 4.78 is 7.41. The number of nitrogens with zero attached hydrogens (tertiary/aromatic N) is 2. The molecule has 4 heterocycles. The fourth-order valence-corrected chi connectivity index (χ4v) is 5.25. The normalized spacial score (nSPS) is 21.2. The maximum atomic E-state index is 13.5. The van der Waals surface area contributed by atoms with Gasteiger partial charge in [-0.2, -0.15) is 0 Å². The van der Waals surface area contributed by atoms with Gasteiger partial charge in [0.2, 0.25) is 0 Å². The Morgan fingerprint density at radius 1 is 1.12 bits per heavy atom. The molecule has 0 aliphatic carbocycles. The van der Waals surface area contributed by atoms with Crippen LogP contribution in [0.25, 0.3) is 16.5 Å². The zero-order valence-electron chi connectivity index (χ0n) is 18.0. The van der Waals surface area contributed by atoms with Crippen molar-refractivity contribution in [2.45, 2.75) is 45.1 Å². The lowest BCUT2D eigenvalue weighted by Crippen LogP contribution is -2.36. The largest absolute Gasteiger partial charge is 0.443 e. The van der Waals surface area contributed by atoms with E-state index in [2.05, 4.69) is 5.32 Å². The van der Waals surface area contributed by atoms with E-state index in [-0.39, 0.29) is 11.9 Å². The summed E-state index contributed by atoms with van der Waals surface area (Å²) in [5.74, 6) is -0.311. The minimum absolute atomic E-state index is 0.267. The van der Waals surface area contributed by atoms with Gasteiger partial charge in [0.25, 0.3) is 5.91 Å². The van der Waals surface area contributed by atoms with Crippen LogP contribution in [0, 0.1) is 0 Å². The molecule has 7 heteroatoms. The Morgan fingerprint density at radius 3 is 2.62 bits per heavy atom. The first-order chi connectivity index (χ1) is 15.3. The number of fused-ring (bicyclic) bond motifs is 9. The predicted molar refractivity (Wildman–Crippen MR) is 120 cm³/mol. The van der Waals surface area contributed by atoms with E-state index in [0.29, 0.717) is 23.2 Å². The molecule has 0 saturated heterocycles. The Balaban J connectivity index is 1.70. The Morgan fingerprint density at radius 2 is 1.84 bits per heavy atom. The number of ether oxygens (including phenoxy) is 1. The maximum Gasteiger partial charge on any atom is 0.419 e. The first kappa shape index (κ1) is 19.1. The molecule has 162 valence electrons. The molecule has 2 atom stereocenters. The summed E-state index contributed by atoms with van der Waals surface area (Å²) in [5.41, 5.74) is 4.48. The Bertz CT molecular complexity index is 1360. The second-order valence-corrected chi connectivity index (χ2v) is 9.45. The SMILES string of the molecule is CC(C)(C)OC(=O)n1c2c(c3ccccc31)C1=C(C(=O)NC1O)N1c3ccccc3CC21. The lowest BCUT2D eigenvalue weighted by molar-refractivity contribution is -0.118. The standard InChI is InChI=1S/C25H23N3O4/c1-25(2,3)32-24(31)28-16-11-7-5-9-14(16)18-19-21(23(30)26-22(19)29)27-15-10-6-4-8-13(15)12-17(27)20(18)28/h4-11,17,22,29H,12H2,1-3H3,(H,26,30). The smallest absolute Gasteiger partial charge is 0.419 e. The van der Waals surface area contributed by atoms with E-state index in [0.717, 1.165) is 27.9 Å². The van der Waals surface area contributed by atoms with Crippen molar-refractivity contribution < 1.29 is 19.4 Å². The number of aliphatic hydroxyl groups is 1. The molecule has 0 spiro atoms. The van der Waals surface area contributed by atoms with Gasteiger partial charge >= 0.3 is 6.09 Å². The maximum absolute atomic E-state index is 13.5. The van der Waals surface area contributed by atoms with Gasteiger partial charge in [-0.05, 0) is 38.5 Å². The van der Waals surface area contributed by atoms with Gasteiger partial charge in [-0.15, -0.1) is 0 Å². The Kier molecular flexibility index (Phi) is 3.73. The van der Waals surface area contributed by atoms with Crippen LogP contribution in [-0.2, 0) is 16.0 Å². The second-order valence-electron chi connectivity index (χ2n) is 9.45. The van der Waals surface area contributed by atoms with Crippen LogP contribution in [0.4, 0.5) is 10.5 Å². The minimum atomic E-state index is -1.15. The summed E-state index contributed by atoms with van der Waals surface area (Å²) in [5, 5.41) is 14.3. The number of amides is 1. The molecule has 2 unspecified atom stereocenters. The molecule has 0 fully saturated rings. The highest BCUT2D eigenvalue weighted by Crippen LogP contribution is 2.53. The number of aliphatic hydroxyl groups excluding tert-OH is 1. The van der Waals surface area contributed by atoms with Gasteiger partial charge in [0, 0.05) is 28.6 Å². The van der Waals surface area contributed by atoms with E-state index < -0.39 is 17.9 Å². The first-order valence-electron chi connectivity index (χ1n) is 10.7. The molecule has 2 N–H and O–H groups in total. The average Bonchev–Trinajstić information content (AvgIpc) is 3.36. The molecule has 3 aliphatic heterocycles. The van der Waals surface area contributed by atoms with Gasteiger partial charge in [-0.1, -0.05) is 36.4 Å². The van der Waals surface area contributed by atoms with Gasteiger partial charge in [-0.25, -0.2) is 9.36 Å². The lowest BCUT2D eigenvalue weighted by Gasteiger charge is -2.34. The van der Waals surface area contributed by atoms with Gasteiger partial charge in [0.05, 0.1) is 17.3 Å². The molecule has 0 bridgehead atoms. The van der Waals surface area contributed by atoms with E-state index in [1.54, 1.807) is 4.57 Å². The molecule has 32 heavy (non-hydrogen) atoms. The second kappa shape index (κ2) is 6.23. The van der Waals surface area contributed by atoms with Gasteiger partial charge in [0.15, 0.2) is 6.23 Å². The molecule has 3 aliphatic rings. The molecular weight excluding hydrogens is 406 g/mol. The van der Waals surface area contributed by atoms with Crippen LogP contribution in [0.15, 0.2) is 54.2 Å². The molecule has 1 aromatic heterocycles. The van der Waals surface area contributed by atoms with Crippen LogP contribution in [0.3, 0.4) is 0 Å². The van der Waals surface area contributed by atoms with Gasteiger partial charge < -0.3 is 20.1 Å². The number of nitrogens with one attached hydrogen (secondary N) is 1. The summed E-state index contributed by atoms with van der Waals surface area (Å²) in [7, 11) is 0. The summed E-state index contributed by atoms with van der Waals surface area (Å²) in [6, 6.07) is 15.2. The van der Waals surface area contributed by atoms with Crippen molar-refractivity contribution in [1.82, 2.24) is 9.88 Å². The molecule has 0 radical (unpaired) electrons. The third kappa shape index (κ3) is 2.45. The molecule has 7 nitrogen and oxygen atoms in total. The van der Waals surface area contributed by atoms with E-state index in [1.807, 2.05) is 74.2 Å². The number of anilines is 1. The molecule has 2 aromatic carbocycles. The molecule has 6 rings (SSSR count). The zero-order valence-corrected chi connectivity index (χ0v) is 18.0. The highest BCUT2D eigenvalue weighted by molar-refractivity contribution is 6.15. The number of para-hydroxylation sites is 2. The van der Waals surface area contributed by atoms with E-state index in [4.69, 9.17) is 4.74 Å². The van der Waals surface area contributed by atoms with Gasteiger partial charge in [0.1, 0.15) is 11.3 Å². The topological polar surface area (TPSA) is 83.8 Å². The third-order valence-electron chi connectivity index (χ3n) is 6.30. The van der Waals surface area contributed by atoms with Crippen LogP contribution < -0.4 is 10.2 Å². The quantitative estimate of drug-likeness (QED) is 0.569. The third-order valence-corrected chi connectivity index (χ3v) is 6.30. The van der Waals surface area contributed by atoms with Crippen LogP contribution in [-0.4, -0.2) is 33.5 Å². The summed E-state index contributed by atoms with van der Waals surface area (Å²) in [6.45, 7) is 5.51. The molecule has 1 amide bonds. The van der Waals surface area contributed by atoms with Crippen molar-refractivity contribution in [2.75, 3.05) is 4.90 Å². The summed E-state index contributed by atoms with van der Waals surface area (Å²) in [4.78, 5) is 28.4. The lowest BCUT2D eigenvalue weighted by atomic mass is 9.91. The number of carbonyl (C=O) groups excluding carboxylic acids is 2. The minimum Gasteiger partial charge on any atom is -0.443 e. The zero-order chi connectivity index (χ0) is 22.4. The number of rotatable bonds is 0. The van der Waals surface area contributed by atoms with Crippen LogP contribution >= 0.6 is 0 Å². The summed E-state index contributed by atoms with van der Waals surface area (Å²) >= 11 is 0. The Hall–Kier alpha value is -3.58. The van der Waals surface area contributed by atoms with Crippen molar-refractivity contribution in [3.05, 3.63) is 71.0 Å². The van der Waals surface area contributed by atoms with Crippen molar-refractivity contribution >= 4 is 34.2 Å². The van der Waals surface area contributed by atoms with E-state index in [1.165, 1.54) is 0 Å². The van der Waals surface area contributed by atoms with Crippen LogP contribution in [0.1, 0.15) is 43.6 Å². The number of benzene rings is 2. The Labute approximate surface area is 184 Å². The number of aromatic nitrogens is 1. The van der Waals surface area contributed by atoms with Crippen LogP contribution in [0.2, 0.25) is 0 Å². The fraction of sp³-hybridized carbons (Fsp3) is 0.280. The van der Waals surface area contributed by atoms with Crippen molar-refractivity contribution in [2.24, 2.45) is 0 Å². The summed E-state index contributed by atoms with van der Waals surface area (Å²) in [6.07, 6.45) is -0.979. The number of hydrogen-bond donors (Lipinski definition) is 2. The first-order valence-corrected chi connectivity index (χ1v) is 10.7. The van der Waals surface area contributed by atoms with E-state index >= 15 is 0 Å². The van der Waals surface area contributed by atoms with Gasteiger partial charge in [-0.3, -0.25) is 4.79 Å². The van der Waals surface area contributed by atoms with E-state index in [9.17, 15) is 14.7 Å². The average molecular weight is 429 g/mol. The fourth-order valence-electron chi connectivity index (χ4n) is 5.25. The number of carbonyl (C=O) groups is 2. The van der Waals surface area contributed by atoms with Crippen molar-refractivity contribution in [3.63, 3.8) is 0 Å². The monoisotopic (exact) mass is 429 g/mol. The highest BCUT2D eigenvalue weighted by atomic mass is 16.6. The predicted octanol–water partition coefficient (Wildman–Crippen LogP) is 3.70. The highest BCUT2D eigenvalue weighted by Gasteiger charge is 2.50. The molecule has 0 saturated carbocycles. The number of hydrogen-bond acceptors (Lipinski definition) is 5. The van der Waals surface area contributed by atoms with Crippen LogP contribution in [0.5, 0.6) is 0 Å². The van der Waals surface area contributed by atoms with Crippen molar-refractivity contribution in [1.29, 1.82) is 0 Å². The van der Waals surface area contributed by atoms with Crippen molar-refractivity contribution in [3.8, 4) is 0 Å². The molecule has 3 aromatic rings. The molecular formula is C25H23N3O4.